The molecular weight excluding hydrogens is 332 g/mol. The van der Waals surface area contributed by atoms with Gasteiger partial charge in [-0.3, -0.25) is 4.79 Å². The highest BCUT2D eigenvalue weighted by atomic mass is 35.5. The summed E-state index contributed by atoms with van der Waals surface area (Å²) < 4.78 is 0. The van der Waals surface area contributed by atoms with Crippen LogP contribution >= 0.6 is 11.6 Å². The summed E-state index contributed by atoms with van der Waals surface area (Å²) in [6.45, 7) is 9.52. The highest BCUT2D eigenvalue weighted by molar-refractivity contribution is 6.30. The number of para-hydroxylation sites is 1. The quantitative estimate of drug-likeness (QED) is 0.716. The Morgan fingerprint density at radius 1 is 1.40 bits per heavy atom. The lowest BCUT2D eigenvalue weighted by molar-refractivity contribution is -0.128. The first-order valence-corrected chi connectivity index (χ1v) is 9.47. The SMILES string of the molecule is CCN(CCC(C)Nc1ccccc1C1=CC(C)CC(Cl)=C1)C(C)=O. The standard InChI is InChI=1S/C21H29ClN2O/c1-5-24(17(4)25)11-10-16(3)23-21-9-7-6-8-20(21)18-12-15(2)13-19(22)14-18/h6-9,12,14-16,23H,5,10-11,13H2,1-4H3. The monoisotopic (exact) mass is 360 g/mol. The zero-order valence-corrected chi connectivity index (χ0v) is 16.4. The predicted molar refractivity (Wildman–Crippen MR) is 108 cm³/mol. The van der Waals surface area contributed by atoms with Gasteiger partial charge >= 0.3 is 0 Å². The highest BCUT2D eigenvalue weighted by Gasteiger charge is 2.15. The van der Waals surface area contributed by atoms with Gasteiger partial charge in [-0.1, -0.05) is 42.8 Å². The number of carbonyl (C=O) groups excluding carboxylic acids is 1. The van der Waals surface area contributed by atoms with Crippen LogP contribution in [0.4, 0.5) is 5.69 Å². The lowest BCUT2D eigenvalue weighted by Gasteiger charge is -2.24. The van der Waals surface area contributed by atoms with Gasteiger partial charge in [-0.15, -0.1) is 0 Å². The molecule has 0 spiro atoms. The van der Waals surface area contributed by atoms with Gasteiger partial charge in [0.25, 0.3) is 0 Å². The molecule has 0 heterocycles. The largest absolute Gasteiger partial charge is 0.382 e. The minimum atomic E-state index is 0.135. The maximum absolute atomic E-state index is 11.5. The summed E-state index contributed by atoms with van der Waals surface area (Å²) in [7, 11) is 0. The van der Waals surface area contributed by atoms with Crippen LogP contribution in [0.3, 0.4) is 0 Å². The van der Waals surface area contributed by atoms with E-state index in [1.165, 1.54) is 11.1 Å². The first-order valence-electron chi connectivity index (χ1n) is 9.10. The molecule has 25 heavy (non-hydrogen) atoms. The number of rotatable bonds is 7. The van der Waals surface area contributed by atoms with Crippen molar-refractivity contribution >= 4 is 28.8 Å². The summed E-state index contributed by atoms with van der Waals surface area (Å²) in [5.41, 5.74) is 3.47. The normalized spacial score (nSPS) is 18.2. The molecule has 2 rings (SSSR count). The van der Waals surface area contributed by atoms with E-state index < -0.39 is 0 Å². The highest BCUT2D eigenvalue weighted by Crippen LogP contribution is 2.34. The third-order valence-corrected chi connectivity index (χ3v) is 4.86. The maximum Gasteiger partial charge on any atom is 0.219 e. The number of nitrogens with one attached hydrogen (secondary N) is 1. The smallest absolute Gasteiger partial charge is 0.219 e. The molecule has 1 aromatic carbocycles. The number of carbonyl (C=O) groups is 1. The van der Waals surface area contributed by atoms with Gasteiger partial charge in [0.05, 0.1) is 0 Å². The molecule has 136 valence electrons. The van der Waals surface area contributed by atoms with E-state index in [1.807, 2.05) is 17.9 Å². The van der Waals surface area contributed by atoms with Crippen LogP contribution in [0.5, 0.6) is 0 Å². The van der Waals surface area contributed by atoms with E-state index in [9.17, 15) is 4.79 Å². The van der Waals surface area contributed by atoms with Crippen LogP contribution in [0.1, 0.15) is 46.1 Å². The number of nitrogens with zero attached hydrogens (tertiary/aromatic N) is 1. The Morgan fingerprint density at radius 2 is 2.12 bits per heavy atom. The molecule has 0 saturated heterocycles. The van der Waals surface area contributed by atoms with E-state index in [0.29, 0.717) is 5.92 Å². The van der Waals surface area contributed by atoms with Crippen LogP contribution in [0.2, 0.25) is 0 Å². The predicted octanol–water partition coefficient (Wildman–Crippen LogP) is 5.29. The van der Waals surface area contributed by atoms with Crippen molar-refractivity contribution in [3.05, 3.63) is 47.0 Å². The molecule has 4 heteroatoms. The van der Waals surface area contributed by atoms with Crippen LogP contribution in [0.15, 0.2) is 41.4 Å². The van der Waals surface area contributed by atoms with E-state index in [2.05, 4.69) is 49.5 Å². The van der Waals surface area contributed by atoms with Gasteiger partial charge in [0.1, 0.15) is 0 Å². The van der Waals surface area contributed by atoms with Crippen molar-refractivity contribution in [2.45, 2.75) is 46.6 Å². The van der Waals surface area contributed by atoms with Crippen LogP contribution in [-0.4, -0.2) is 29.9 Å². The second-order valence-corrected chi connectivity index (χ2v) is 7.36. The number of amides is 1. The number of hydrogen-bond acceptors (Lipinski definition) is 2. The Kier molecular flexibility index (Phi) is 7.12. The average molecular weight is 361 g/mol. The molecule has 3 nitrogen and oxygen atoms in total. The summed E-state index contributed by atoms with van der Waals surface area (Å²) in [5, 5.41) is 4.51. The number of allylic oxidation sites excluding steroid dienone is 4. The molecule has 0 fully saturated rings. The fourth-order valence-corrected chi connectivity index (χ4v) is 3.56. The van der Waals surface area contributed by atoms with E-state index >= 15 is 0 Å². The molecule has 1 aliphatic rings. The van der Waals surface area contributed by atoms with E-state index in [-0.39, 0.29) is 11.9 Å². The zero-order valence-electron chi connectivity index (χ0n) is 15.7. The minimum absolute atomic E-state index is 0.135. The number of hydrogen-bond donors (Lipinski definition) is 1. The number of halogens is 1. The fraction of sp³-hybridized carbons (Fsp3) is 0.476. The molecule has 2 unspecified atom stereocenters. The van der Waals surface area contributed by atoms with Gasteiger partial charge in [0.15, 0.2) is 0 Å². The van der Waals surface area contributed by atoms with Crippen molar-refractivity contribution in [2.75, 3.05) is 18.4 Å². The molecule has 0 bridgehead atoms. The molecule has 0 aliphatic heterocycles. The van der Waals surface area contributed by atoms with Crippen LogP contribution in [0.25, 0.3) is 5.57 Å². The van der Waals surface area contributed by atoms with E-state index in [0.717, 1.165) is 36.7 Å². The van der Waals surface area contributed by atoms with Gasteiger partial charge < -0.3 is 10.2 Å². The van der Waals surface area contributed by atoms with Crippen LogP contribution < -0.4 is 5.32 Å². The van der Waals surface area contributed by atoms with Crippen molar-refractivity contribution in [1.82, 2.24) is 4.90 Å². The second-order valence-electron chi connectivity index (χ2n) is 6.87. The Labute approximate surface area is 156 Å². The fourth-order valence-electron chi connectivity index (χ4n) is 3.20. The molecule has 2 atom stereocenters. The molecule has 0 saturated carbocycles. The van der Waals surface area contributed by atoms with E-state index in [1.54, 1.807) is 6.92 Å². The Morgan fingerprint density at radius 3 is 2.76 bits per heavy atom. The van der Waals surface area contributed by atoms with Gasteiger partial charge in [-0.25, -0.2) is 0 Å². The van der Waals surface area contributed by atoms with E-state index in [4.69, 9.17) is 11.6 Å². The maximum atomic E-state index is 11.5. The minimum Gasteiger partial charge on any atom is -0.382 e. The topological polar surface area (TPSA) is 32.3 Å². The molecule has 1 aromatic rings. The Bertz CT molecular complexity index is 666. The summed E-state index contributed by atoms with van der Waals surface area (Å²) in [5.74, 6) is 0.586. The van der Waals surface area contributed by atoms with Gasteiger partial charge in [0.2, 0.25) is 5.91 Å². The van der Waals surface area contributed by atoms with Gasteiger partial charge in [-0.2, -0.15) is 0 Å². The second kappa shape index (κ2) is 9.10. The van der Waals surface area contributed by atoms with Crippen molar-refractivity contribution < 1.29 is 4.79 Å². The molecule has 1 amide bonds. The third kappa shape index (κ3) is 5.64. The van der Waals surface area contributed by atoms with Crippen molar-refractivity contribution in [1.29, 1.82) is 0 Å². The summed E-state index contributed by atoms with van der Waals surface area (Å²) in [6.07, 6.45) is 6.18. The molecule has 1 N–H and O–H groups in total. The average Bonchev–Trinajstić information content (AvgIpc) is 2.54. The number of benzene rings is 1. The first-order chi connectivity index (χ1) is 11.9. The Hall–Kier alpha value is -1.74. The zero-order chi connectivity index (χ0) is 18.4. The molecule has 0 radical (unpaired) electrons. The summed E-state index contributed by atoms with van der Waals surface area (Å²) >= 11 is 6.31. The molecular formula is C21H29ClN2O. The first kappa shape index (κ1) is 19.6. The summed E-state index contributed by atoms with van der Waals surface area (Å²) in [6, 6.07) is 8.62. The lowest BCUT2D eigenvalue weighted by atomic mass is 9.92. The van der Waals surface area contributed by atoms with Gasteiger partial charge in [0, 0.05) is 42.3 Å². The van der Waals surface area contributed by atoms with Crippen molar-refractivity contribution in [3.63, 3.8) is 0 Å². The lowest BCUT2D eigenvalue weighted by Crippen LogP contribution is -2.32. The van der Waals surface area contributed by atoms with Crippen LogP contribution in [-0.2, 0) is 4.79 Å². The van der Waals surface area contributed by atoms with Crippen LogP contribution in [0, 0.1) is 5.92 Å². The molecule has 1 aliphatic carbocycles. The third-order valence-electron chi connectivity index (χ3n) is 4.59. The van der Waals surface area contributed by atoms with Crippen molar-refractivity contribution in [3.8, 4) is 0 Å². The Balaban J connectivity index is 2.09. The summed E-state index contributed by atoms with van der Waals surface area (Å²) in [4.78, 5) is 13.4. The van der Waals surface area contributed by atoms with Crippen molar-refractivity contribution in [2.24, 2.45) is 5.92 Å². The molecule has 0 aromatic heterocycles. The number of anilines is 1. The van der Waals surface area contributed by atoms with Gasteiger partial charge in [-0.05, 0) is 50.3 Å².